The van der Waals surface area contributed by atoms with Crippen molar-refractivity contribution in [1.29, 1.82) is 5.26 Å². The summed E-state index contributed by atoms with van der Waals surface area (Å²) in [5.74, 6) is 1.65. The van der Waals surface area contributed by atoms with Crippen molar-refractivity contribution in [2.24, 2.45) is 0 Å². The molecule has 0 saturated heterocycles. The van der Waals surface area contributed by atoms with Gasteiger partial charge >= 0.3 is 0 Å². The van der Waals surface area contributed by atoms with Crippen LogP contribution in [0.25, 0.3) is 27.7 Å². The number of benzene rings is 2. The Labute approximate surface area is 225 Å². The molecule has 0 atom stereocenters. The molecular formula is C29H27N9O. The Bertz CT molecular complexity index is 1760. The highest BCUT2D eigenvalue weighted by atomic mass is 16.1. The Morgan fingerprint density at radius 3 is 2.44 bits per heavy atom. The van der Waals surface area contributed by atoms with Gasteiger partial charge in [-0.05, 0) is 44.0 Å². The van der Waals surface area contributed by atoms with E-state index in [1.165, 1.54) is 0 Å². The minimum Gasteiger partial charge on any atom is -0.368 e. The first-order chi connectivity index (χ1) is 18.9. The maximum absolute atomic E-state index is 14.3. The fourth-order valence-electron chi connectivity index (χ4n) is 4.64. The minimum atomic E-state index is -0.215. The lowest BCUT2D eigenvalue weighted by atomic mass is 10.0. The lowest BCUT2D eigenvalue weighted by Gasteiger charge is -2.26. The third kappa shape index (κ3) is 4.90. The monoisotopic (exact) mass is 517 g/mol. The zero-order chi connectivity index (χ0) is 27.5. The van der Waals surface area contributed by atoms with Gasteiger partial charge in [0.05, 0.1) is 28.8 Å². The largest absolute Gasteiger partial charge is 0.368 e. The maximum Gasteiger partial charge on any atom is 0.266 e. The first-order valence-corrected chi connectivity index (χ1v) is 12.6. The zero-order valence-electron chi connectivity index (χ0n) is 22.0. The SMILES string of the molecule is CCCN(Cc1nc2cccc(-c3cnc(C)nc3)c2c(=O)n1-c1ccccc1)c1nc(N)nc(C)c1C#N. The van der Waals surface area contributed by atoms with Crippen molar-refractivity contribution in [2.45, 2.75) is 33.7 Å². The maximum atomic E-state index is 14.3. The van der Waals surface area contributed by atoms with Crippen molar-refractivity contribution in [3.8, 4) is 22.9 Å². The molecule has 0 amide bonds. The van der Waals surface area contributed by atoms with E-state index in [9.17, 15) is 10.1 Å². The number of nitrogens with two attached hydrogens (primary N) is 1. The number of para-hydroxylation sites is 1. The zero-order valence-corrected chi connectivity index (χ0v) is 22.0. The topological polar surface area (TPSA) is 140 Å². The molecule has 194 valence electrons. The second-order valence-electron chi connectivity index (χ2n) is 9.12. The number of aryl methyl sites for hydroxylation is 2. The summed E-state index contributed by atoms with van der Waals surface area (Å²) in [6.45, 7) is 6.36. The first-order valence-electron chi connectivity index (χ1n) is 12.6. The van der Waals surface area contributed by atoms with Crippen LogP contribution in [0.4, 0.5) is 11.8 Å². The molecular weight excluding hydrogens is 490 g/mol. The molecule has 39 heavy (non-hydrogen) atoms. The second kappa shape index (κ2) is 10.7. The number of hydrogen-bond donors (Lipinski definition) is 1. The number of hydrogen-bond acceptors (Lipinski definition) is 9. The molecule has 5 rings (SSSR count). The number of nitrogen functional groups attached to an aromatic ring is 1. The molecule has 0 saturated carbocycles. The Kier molecular flexibility index (Phi) is 6.97. The summed E-state index contributed by atoms with van der Waals surface area (Å²) in [5.41, 5.74) is 9.26. The lowest BCUT2D eigenvalue weighted by molar-refractivity contribution is 0.700. The van der Waals surface area contributed by atoms with Crippen molar-refractivity contribution in [1.82, 2.24) is 29.5 Å². The van der Waals surface area contributed by atoms with E-state index >= 15 is 0 Å². The molecule has 2 aromatic carbocycles. The molecule has 0 aliphatic rings. The summed E-state index contributed by atoms with van der Waals surface area (Å²) < 4.78 is 1.62. The van der Waals surface area contributed by atoms with Crippen LogP contribution >= 0.6 is 0 Å². The molecule has 0 aliphatic heterocycles. The van der Waals surface area contributed by atoms with E-state index in [1.807, 2.05) is 67.3 Å². The highest BCUT2D eigenvalue weighted by Gasteiger charge is 2.22. The molecule has 0 spiro atoms. The van der Waals surface area contributed by atoms with Crippen LogP contribution in [0.2, 0.25) is 0 Å². The Hall–Kier alpha value is -5.17. The molecule has 0 fully saturated rings. The average Bonchev–Trinajstić information content (AvgIpc) is 2.93. The van der Waals surface area contributed by atoms with Gasteiger partial charge in [-0.1, -0.05) is 37.3 Å². The normalized spacial score (nSPS) is 10.9. The van der Waals surface area contributed by atoms with E-state index < -0.39 is 0 Å². The molecule has 2 N–H and O–H groups in total. The van der Waals surface area contributed by atoms with Crippen LogP contribution in [0.15, 0.2) is 65.7 Å². The van der Waals surface area contributed by atoms with E-state index in [1.54, 1.807) is 23.9 Å². The summed E-state index contributed by atoms with van der Waals surface area (Å²) in [5, 5.41) is 10.3. The highest BCUT2D eigenvalue weighted by molar-refractivity contribution is 5.93. The summed E-state index contributed by atoms with van der Waals surface area (Å²) in [6.07, 6.45) is 4.20. The van der Waals surface area contributed by atoms with Crippen molar-refractivity contribution >= 4 is 22.7 Å². The molecule has 0 bridgehead atoms. The third-order valence-electron chi connectivity index (χ3n) is 6.40. The van der Waals surface area contributed by atoms with Crippen molar-refractivity contribution in [3.63, 3.8) is 0 Å². The van der Waals surface area contributed by atoms with Gasteiger partial charge in [0.25, 0.3) is 5.56 Å². The molecule has 10 heteroatoms. The van der Waals surface area contributed by atoms with E-state index in [0.717, 1.165) is 12.0 Å². The van der Waals surface area contributed by atoms with Gasteiger partial charge in [-0.2, -0.15) is 10.2 Å². The number of anilines is 2. The van der Waals surface area contributed by atoms with Gasteiger partial charge in [0.2, 0.25) is 5.95 Å². The first kappa shape index (κ1) is 25.5. The number of aromatic nitrogens is 6. The van der Waals surface area contributed by atoms with Gasteiger partial charge in [-0.15, -0.1) is 0 Å². The fraction of sp³-hybridized carbons (Fsp3) is 0.207. The molecule has 3 aromatic heterocycles. The van der Waals surface area contributed by atoms with Gasteiger partial charge in [0.1, 0.15) is 23.3 Å². The minimum absolute atomic E-state index is 0.0829. The average molecular weight is 518 g/mol. The summed E-state index contributed by atoms with van der Waals surface area (Å²) in [7, 11) is 0. The number of rotatable bonds is 7. The Morgan fingerprint density at radius 2 is 1.74 bits per heavy atom. The Morgan fingerprint density at radius 1 is 1.00 bits per heavy atom. The predicted octanol–water partition coefficient (Wildman–Crippen LogP) is 4.12. The molecule has 0 aliphatic carbocycles. The second-order valence-corrected chi connectivity index (χ2v) is 9.12. The summed E-state index contributed by atoms with van der Waals surface area (Å²) in [6, 6.07) is 17.2. The van der Waals surface area contributed by atoms with Gasteiger partial charge < -0.3 is 10.6 Å². The third-order valence-corrected chi connectivity index (χ3v) is 6.40. The van der Waals surface area contributed by atoms with Crippen LogP contribution in [0.1, 0.15) is 36.3 Å². The predicted molar refractivity (Wildman–Crippen MR) is 150 cm³/mol. The van der Waals surface area contributed by atoms with Gasteiger partial charge in [0, 0.05) is 24.5 Å². The molecule has 0 radical (unpaired) electrons. The van der Waals surface area contributed by atoms with E-state index in [0.29, 0.717) is 57.4 Å². The smallest absolute Gasteiger partial charge is 0.266 e. The highest BCUT2D eigenvalue weighted by Crippen LogP contribution is 2.27. The standard InChI is InChI=1S/C29H27N9O/c1-4-13-37(27-23(14-30)18(2)34-29(31)36-27)17-25-35-24-12-8-11-22(20-15-32-19(3)33-16-20)26(24)28(39)38(25)21-9-6-5-7-10-21/h5-12,15-16H,4,13,17H2,1-3H3,(H2,31,34,36). The van der Waals surface area contributed by atoms with Gasteiger partial charge in [-0.3, -0.25) is 9.36 Å². The van der Waals surface area contributed by atoms with Crippen molar-refractivity contribution < 1.29 is 0 Å². The fourth-order valence-corrected chi connectivity index (χ4v) is 4.64. The van der Waals surface area contributed by atoms with Gasteiger partial charge in [-0.25, -0.2) is 19.9 Å². The van der Waals surface area contributed by atoms with Crippen LogP contribution in [0.5, 0.6) is 0 Å². The molecule has 3 heterocycles. The van der Waals surface area contributed by atoms with Crippen molar-refractivity contribution in [3.05, 3.63) is 94.2 Å². The van der Waals surface area contributed by atoms with Gasteiger partial charge in [0.15, 0.2) is 5.82 Å². The molecule has 5 aromatic rings. The number of nitrogens with zero attached hydrogens (tertiary/aromatic N) is 8. The lowest BCUT2D eigenvalue weighted by Crippen LogP contribution is -2.32. The molecule has 0 unspecified atom stereocenters. The van der Waals surface area contributed by atoms with Crippen LogP contribution < -0.4 is 16.2 Å². The summed E-state index contributed by atoms with van der Waals surface area (Å²) in [4.78, 5) is 38.4. The molecule has 10 nitrogen and oxygen atoms in total. The number of nitriles is 1. The van der Waals surface area contributed by atoms with E-state index in [4.69, 9.17) is 10.7 Å². The van der Waals surface area contributed by atoms with E-state index in [2.05, 4.69) is 26.0 Å². The Balaban J connectivity index is 1.76. The quantitative estimate of drug-likeness (QED) is 0.337. The van der Waals surface area contributed by atoms with Crippen LogP contribution in [0, 0.1) is 25.2 Å². The van der Waals surface area contributed by atoms with Crippen LogP contribution in [-0.2, 0) is 6.54 Å². The van der Waals surface area contributed by atoms with Crippen LogP contribution in [-0.4, -0.2) is 36.0 Å². The number of fused-ring (bicyclic) bond motifs is 1. The summed E-state index contributed by atoms with van der Waals surface area (Å²) >= 11 is 0. The van der Waals surface area contributed by atoms with Crippen LogP contribution in [0.3, 0.4) is 0 Å². The van der Waals surface area contributed by atoms with E-state index in [-0.39, 0.29) is 18.1 Å². The van der Waals surface area contributed by atoms with Crippen molar-refractivity contribution in [2.75, 3.05) is 17.2 Å².